The second-order valence-electron chi connectivity index (χ2n) is 5.40. The minimum absolute atomic E-state index is 0.159. The van der Waals surface area contributed by atoms with Crippen molar-refractivity contribution in [3.63, 3.8) is 0 Å². The average molecular weight is 370 g/mol. The highest BCUT2D eigenvalue weighted by atomic mass is 32.1. The zero-order valence-corrected chi connectivity index (χ0v) is 15.5. The Morgan fingerprint density at radius 3 is 2.81 bits per heavy atom. The molecule has 134 valence electrons. The van der Waals surface area contributed by atoms with Gasteiger partial charge in [-0.25, -0.2) is 14.5 Å². The van der Waals surface area contributed by atoms with Crippen molar-refractivity contribution in [2.45, 2.75) is 13.8 Å². The molecule has 7 nitrogen and oxygen atoms in total. The fourth-order valence-electron chi connectivity index (χ4n) is 2.54. The number of rotatable bonds is 5. The Hall–Kier alpha value is -3.00. The van der Waals surface area contributed by atoms with E-state index in [-0.39, 0.29) is 5.91 Å². The molecule has 0 aliphatic heterocycles. The van der Waals surface area contributed by atoms with Crippen LogP contribution in [-0.2, 0) is 4.74 Å². The number of nitrogens with one attached hydrogen (secondary N) is 1. The maximum absolute atomic E-state index is 12.0. The van der Waals surface area contributed by atoms with E-state index < -0.39 is 5.97 Å². The highest BCUT2D eigenvalue weighted by molar-refractivity contribution is 7.14. The van der Waals surface area contributed by atoms with Crippen LogP contribution in [0.25, 0.3) is 16.4 Å². The largest absolute Gasteiger partial charge is 0.462 e. The number of nitrogens with zero attached hydrogens (tertiary/aromatic N) is 3. The molecule has 3 heterocycles. The van der Waals surface area contributed by atoms with Crippen molar-refractivity contribution in [1.29, 1.82) is 0 Å². The van der Waals surface area contributed by atoms with E-state index in [1.165, 1.54) is 17.5 Å². The van der Waals surface area contributed by atoms with Crippen LogP contribution in [0, 0.1) is 6.92 Å². The lowest BCUT2D eigenvalue weighted by molar-refractivity contribution is 0.0525. The van der Waals surface area contributed by atoms with Crippen molar-refractivity contribution in [3.8, 4) is 16.4 Å². The lowest BCUT2D eigenvalue weighted by atomic mass is 10.2. The van der Waals surface area contributed by atoms with Crippen LogP contribution in [0.2, 0.25) is 0 Å². The van der Waals surface area contributed by atoms with Gasteiger partial charge in [0, 0.05) is 7.05 Å². The zero-order valence-electron chi connectivity index (χ0n) is 14.6. The van der Waals surface area contributed by atoms with Gasteiger partial charge in [0.2, 0.25) is 0 Å². The minimum Gasteiger partial charge on any atom is -0.462 e. The predicted molar refractivity (Wildman–Crippen MR) is 98.8 cm³/mol. The van der Waals surface area contributed by atoms with Crippen molar-refractivity contribution < 1.29 is 14.3 Å². The molecule has 0 aliphatic rings. The van der Waals surface area contributed by atoms with Gasteiger partial charge in [-0.15, -0.1) is 11.3 Å². The van der Waals surface area contributed by atoms with E-state index in [9.17, 15) is 9.59 Å². The molecule has 1 amide bonds. The van der Waals surface area contributed by atoms with E-state index in [1.807, 2.05) is 17.5 Å². The number of thiophene rings is 1. The number of carbonyl (C=O) groups excluding carboxylic acids is 2. The quantitative estimate of drug-likeness (QED) is 0.698. The molecule has 0 bridgehead atoms. The number of pyridine rings is 1. The predicted octanol–water partition coefficient (Wildman–Crippen LogP) is 2.84. The Labute approximate surface area is 154 Å². The Morgan fingerprint density at radius 2 is 2.08 bits per heavy atom. The third-order valence-electron chi connectivity index (χ3n) is 3.83. The molecule has 0 aromatic carbocycles. The number of hydrogen-bond donors (Lipinski definition) is 1. The fraction of sp³-hybridized carbons (Fsp3) is 0.222. The summed E-state index contributed by atoms with van der Waals surface area (Å²) in [5.74, 6) is -0.00677. The van der Waals surface area contributed by atoms with Crippen LogP contribution in [0.1, 0.15) is 33.3 Å². The first-order valence-corrected chi connectivity index (χ1v) is 8.93. The number of aromatic nitrogens is 3. The molecule has 0 fully saturated rings. The molecule has 26 heavy (non-hydrogen) atoms. The first-order valence-electron chi connectivity index (χ1n) is 8.06. The lowest BCUT2D eigenvalue weighted by Crippen LogP contribution is -2.17. The Bertz CT molecular complexity index is 961. The summed E-state index contributed by atoms with van der Waals surface area (Å²) in [6.45, 7) is 3.85. The van der Waals surface area contributed by atoms with Gasteiger partial charge in [0.15, 0.2) is 5.82 Å². The molecule has 0 aliphatic carbocycles. The Balaban J connectivity index is 2.00. The molecule has 1 N–H and O–H groups in total. The molecular formula is C18H18N4O3S. The van der Waals surface area contributed by atoms with Gasteiger partial charge in [0.25, 0.3) is 5.91 Å². The van der Waals surface area contributed by atoms with Gasteiger partial charge in [-0.1, -0.05) is 6.07 Å². The van der Waals surface area contributed by atoms with E-state index in [4.69, 9.17) is 4.74 Å². The number of esters is 1. The summed E-state index contributed by atoms with van der Waals surface area (Å²) in [6, 6.07) is 7.25. The third kappa shape index (κ3) is 3.23. The van der Waals surface area contributed by atoms with E-state index in [2.05, 4.69) is 15.4 Å². The van der Waals surface area contributed by atoms with Crippen LogP contribution in [0.5, 0.6) is 0 Å². The van der Waals surface area contributed by atoms with Gasteiger partial charge in [0.1, 0.15) is 5.56 Å². The molecular weight excluding hydrogens is 352 g/mol. The number of hydrogen-bond acceptors (Lipinski definition) is 6. The molecule has 8 heteroatoms. The van der Waals surface area contributed by atoms with Crippen molar-refractivity contribution in [1.82, 2.24) is 20.1 Å². The first-order chi connectivity index (χ1) is 12.6. The highest BCUT2D eigenvalue weighted by Gasteiger charge is 2.18. The van der Waals surface area contributed by atoms with Crippen molar-refractivity contribution in [2.24, 2.45) is 0 Å². The van der Waals surface area contributed by atoms with Gasteiger partial charge in [-0.3, -0.25) is 4.79 Å². The highest BCUT2D eigenvalue weighted by Crippen LogP contribution is 2.29. The number of ether oxygens (including phenoxy) is 1. The molecule has 0 saturated carbocycles. The second-order valence-corrected chi connectivity index (χ2v) is 6.32. The summed E-state index contributed by atoms with van der Waals surface area (Å²) >= 11 is 1.44. The maximum atomic E-state index is 12.0. The Kier molecular flexibility index (Phi) is 5.13. The monoisotopic (exact) mass is 370 g/mol. The molecule has 0 spiro atoms. The topological polar surface area (TPSA) is 86.1 Å². The van der Waals surface area contributed by atoms with Crippen LogP contribution in [0.15, 0.2) is 35.8 Å². The van der Waals surface area contributed by atoms with Crippen LogP contribution in [-0.4, -0.2) is 40.3 Å². The van der Waals surface area contributed by atoms with E-state index in [1.54, 1.807) is 37.7 Å². The zero-order chi connectivity index (χ0) is 18.7. The van der Waals surface area contributed by atoms with E-state index >= 15 is 0 Å². The van der Waals surface area contributed by atoms with Crippen LogP contribution >= 0.6 is 11.3 Å². The SMILES string of the molecule is CCOC(=O)c1cnn(-c2cccc(-c3sccc3C(=O)NC)n2)c1C. The Morgan fingerprint density at radius 1 is 1.27 bits per heavy atom. The summed E-state index contributed by atoms with van der Waals surface area (Å²) in [5, 5.41) is 8.75. The van der Waals surface area contributed by atoms with Crippen molar-refractivity contribution >= 4 is 23.2 Å². The summed E-state index contributed by atoms with van der Waals surface area (Å²) < 4.78 is 6.63. The van der Waals surface area contributed by atoms with Gasteiger partial charge in [0.05, 0.1) is 34.6 Å². The number of amides is 1. The molecule has 0 saturated heterocycles. The normalized spacial score (nSPS) is 10.6. The minimum atomic E-state index is -0.410. The number of carbonyl (C=O) groups is 2. The van der Waals surface area contributed by atoms with Crippen molar-refractivity contribution in [2.75, 3.05) is 13.7 Å². The molecule has 3 aromatic heterocycles. The first kappa shape index (κ1) is 17.8. The summed E-state index contributed by atoms with van der Waals surface area (Å²) in [4.78, 5) is 29.4. The lowest BCUT2D eigenvalue weighted by Gasteiger charge is -2.07. The molecule has 0 atom stereocenters. The van der Waals surface area contributed by atoms with Crippen LogP contribution in [0.3, 0.4) is 0 Å². The smallest absolute Gasteiger partial charge is 0.341 e. The molecule has 3 rings (SSSR count). The maximum Gasteiger partial charge on any atom is 0.341 e. The third-order valence-corrected chi connectivity index (χ3v) is 4.76. The van der Waals surface area contributed by atoms with Crippen LogP contribution < -0.4 is 5.32 Å². The van der Waals surface area contributed by atoms with Crippen LogP contribution in [0.4, 0.5) is 0 Å². The summed E-state index contributed by atoms with van der Waals surface area (Å²) in [5.41, 5.74) is 2.29. The molecule has 3 aromatic rings. The van der Waals surface area contributed by atoms with Gasteiger partial charge >= 0.3 is 5.97 Å². The van der Waals surface area contributed by atoms with Crippen molar-refractivity contribution in [3.05, 3.63) is 52.7 Å². The van der Waals surface area contributed by atoms with E-state index in [0.717, 1.165) is 4.88 Å². The fourth-order valence-corrected chi connectivity index (χ4v) is 3.40. The summed E-state index contributed by atoms with van der Waals surface area (Å²) in [6.07, 6.45) is 1.47. The van der Waals surface area contributed by atoms with Gasteiger partial charge in [-0.2, -0.15) is 5.10 Å². The van der Waals surface area contributed by atoms with Gasteiger partial charge in [-0.05, 0) is 37.4 Å². The summed E-state index contributed by atoms with van der Waals surface area (Å²) in [7, 11) is 1.59. The van der Waals surface area contributed by atoms with Gasteiger partial charge < -0.3 is 10.1 Å². The molecule has 0 radical (unpaired) electrons. The average Bonchev–Trinajstić information content (AvgIpc) is 3.28. The standard InChI is InChI=1S/C18H18N4O3S/c1-4-25-18(24)13-10-20-22(11(13)2)15-7-5-6-14(21-15)16-12(8-9-26-16)17(23)19-3/h5-10H,4H2,1-3H3,(H,19,23). The molecule has 0 unspecified atom stereocenters. The second kappa shape index (κ2) is 7.49. The van der Waals surface area contributed by atoms with E-state index in [0.29, 0.717) is 34.9 Å².